The standard InChI is InChI=1S/C34H52N2O7/c1-31(2,3)24(18-27(38)43-23-10-14-42-15-11-23)30(41)36-20-34(32(4,5)33(34)12-7-13-33)19-25(36)26(37)17-22(28(39)29(35)40)16-21-8-6-9-21/h21-25H,6-20H2,1-5H3,(H2,35,40)/t22?,24-,25+,34-/m1/s1. The van der Waals surface area contributed by atoms with Gasteiger partial charge in [0.05, 0.1) is 31.6 Å². The Morgan fingerprint density at radius 3 is 2.09 bits per heavy atom. The molecule has 2 amide bonds. The number of primary amides is 1. The Morgan fingerprint density at radius 1 is 0.953 bits per heavy atom. The zero-order chi connectivity index (χ0) is 31.4. The lowest BCUT2D eigenvalue weighted by Crippen LogP contribution is -2.48. The van der Waals surface area contributed by atoms with E-state index < -0.39 is 41.0 Å². The summed E-state index contributed by atoms with van der Waals surface area (Å²) in [5.41, 5.74) is 4.80. The molecule has 240 valence electrons. The highest BCUT2D eigenvalue weighted by Crippen LogP contribution is 2.88. The van der Waals surface area contributed by atoms with Crippen LogP contribution in [-0.4, -0.2) is 66.2 Å². The summed E-state index contributed by atoms with van der Waals surface area (Å²) in [4.78, 5) is 68.4. The van der Waals surface area contributed by atoms with Crippen LogP contribution in [0, 0.1) is 39.4 Å². The SMILES string of the molecule is CC(C)(C)[C@H](CC(=O)OC1CCOCC1)C(=O)N1C[C@]2(C[C@H]1C(=O)CC(CC1CCC1)C(=O)C(N)=O)C(C)(C)C21CCC1. The molecule has 43 heavy (non-hydrogen) atoms. The lowest BCUT2D eigenvalue weighted by atomic mass is 9.73. The van der Waals surface area contributed by atoms with E-state index in [4.69, 9.17) is 15.2 Å². The van der Waals surface area contributed by atoms with E-state index >= 15 is 0 Å². The fourth-order valence-electron chi connectivity index (χ4n) is 9.27. The lowest BCUT2D eigenvalue weighted by molar-refractivity contribution is -0.159. The van der Waals surface area contributed by atoms with Crippen LogP contribution in [0.25, 0.3) is 0 Å². The molecule has 2 N–H and O–H groups in total. The number of Topliss-reactive ketones (excluding diaryl/α,β-unsaturated/α-hetero) is 2. The number of fused-ring (bicyclic) bond motifs is 1. The molecule has 4 atom stereocenters. The molecule has 5 rings (SSSR count). The van der Waals surface area contributed by atoms with E-state index in [-0.39, 0.29) is 46.9 Å². The first-order valence-electron chi connectivity index (χ1n) is 16.6. The molecule has 3 aliphatic carbocycles. The fourth-order valence-corrected chi connectivity index (χ4v) is 9.27. The van der Waals surface area contributed by atoms with Crippen LogP contribution in [-0.2, 0) is 33.4 Å². The van der Waals surface area contributed by atoms with E-state index in [1.807, 2.05) is 20.8 Å². The van der Waals surface area contributed by atoms with Crippen molar-refractivity contribution in [3.63, 3.8) is 0 Å². The molecular formula is C34H52N2O7. The third-order valence-corrected chi connectivity index (χ3v) is 12.6. The molecule has 5 fully saturated rings. The van der Waals surface area contributed by atoms with Crippen LogP contribution in [0.1, 0.15) is 112 Å². The predicted octanol–water partition coefficient (Wildman–Crippen LogP) is 4.38. The summed E-state index contributed by atoms with van der Waals surface area (Å²) in [7, 11) is 0. The molecular weight excluding hydrogens is 548 g/mol. The van der Waals surface area contributed by atoms with Gasteiger partial charge in [-0.3, -0.25) is 24.0 Å². The Balaban J connectivity index is 1.39. The summed E-state index contributed by atoms with van der Waals surface area (Å²) < 4.78 is 11.2. The van der Waals surface area contributed by atoms with Crippen molar-refractivity contribution in [2.75, 3.05) is 19.8 Å². The van der Waals surface area contributed by atoms with E-state index in [0.29, 0.717) is 51.4 Å². The quantitative estimate of drug-likeness (QED) is 0.275. The number of ether oxygens (including phenoxy) is 2. The normalized spacial score (nSPS) is 29.4. The number of nitrogens with two attached hydrogens (primary N) is 1. The summed E-state index contributed by atoms with van der Waals surface area (Å²) in [5.74, 6) is -3.53. The van der Waals surface area contributed by atoms with Crippen molar-refractivity contribution in [2.45, 2.75) is 124 Å². The monoisotopic (exact) mass is 600 g/mol. The van der Waals surface area contributed by atoms with Gasteiger partial charge in [-0.15, -0.1) is 0 Å². The molecule has 0 bridgehead atoms. The molecule has 2 heterocycles. The molecule has 2 aliphatic heterocycles. The highest BCUT2D eigenvalue weighted by Gasteiger charge is 2.85. The van der Waals surface area contributed by atoms with Gasteiger partial charge in [-0.1, -0.05) is 60.3 Å². The van der Waals surface area contributed by atoms with Crippen LogP contribution in [0.5, 0.6) is 0 Å². The van der Waals surface area contributed by atoms with Gasteiger partial charge in [0.1, 0.15) is 6.10 Å². The first-order chi connectivity index (χ1) is 20.1. The number of ketones is 2. The largest absolute Gasteiger partial charge is 0.462 e. The first kappa shape index (κ1) is 32.1. The number of esters is 1. The zero-order valence-electron chi connectivity index (χ0n) is 26.9. The molecule has 5 aliphatic rings. The number of carbonyl (C=O) groups is 5. The number of nitrogens with zero attached hydrogens (tertiary/aromatic N) is 1. The summed E-state index contributed by atoms with van der Waals surface area (Å²) in [6.45, 7) is 12.0. The van der Waals surface area contributed by atoms with Crippen LogP contribution in [0.15, 0.2) is 0 Å². The maximum absolute atomic E-state index is 14.5. The van der Waals surface area contributed by atoms with Crippen molar-refractivity contribution >= 4 is 29.4 Å². The van der Waals surface area contributed by atoms with Crippen molar-refractivity contribution in [1.82, 2.24) is 4.90 Å². The minimum Gasteiger partial charge on any atom is -0.462 e. The highest BCUT2D eigenvalue weighted by atomic mass is 16.6. The number of hydrogen-bond acceptors (Lipinski definition) is 7. The number of likely N-dealkylation sites (tertiary alicyclic amines) is 1. The molecule has 1 unspecified atom stereocenters. The van der Waals surface area contributed by atoms with Crippen LogP contribution >= 0.6 is 0 Å². The molecule has 9 heteroatoms. The van der Waals surface area contributed by atoms with Crippen molar-refractivity contribution in [3.05, 3.63) is 0 Å². The zero-order valence-corrected chi connectivity index (χ0v) is 26.9. The number of rotatable bonds is 11. The molecule has 0 aromatic carbocycles. The Hall–Kier alpha value is -2.29. The minimum absolute atomic E-state index is 0.0145. The second-order valence-corrected chi connectivity index (χ2v) is 15.9. The third-order valence-electron chi connectivity index (χ3n) is 12.6. The molecule has 0 aromatic heterocycles. The molecule has 9 nitrogen and oxygen atoms in total. The molecule has 0 radical (unpaired) electrons. The number of amides is 2. The maximum Gasteiger partial charge on any atom is 0.306 e. The minimum atomic E-state index is -1.000. The van der Waals surface area contributed by atoms with Gasteiger partial charge in [0.25, 0.3) is 5.91 Å². The Bertz CT molecular complexity index is 1140. The second kappa shape index (κ2) is 11.6. The number of hydrogen-bond donors (Lipinski definition) is 1. The number of carbonyl (C=O) groups excluding carboxylic acids is 5. The van der Waals surface area contributed by atoms with Crippen molar-refractivity contribution in [2.24, 2.45) is 45.1 Å². The van der Waals surface area contributed by atoms with Gasteiger partial charge in [0, 0.05) is 37.1 Å². The summed E-state index contributed by atoms with van der Waals surface area (Å²) in [5, 5.41) is 0. The topological polar surface area (TPSA) is 133 Å². The van der Waals surface area contributed by atoms with Gasteiger partial charge < -0.3 is 20.1 Å². The summed E-state index contributed by atoms with van der Waals surface area (Å²) >= 11 is 0. The molecule has 2 spiro atoms. The van der Waals surface area contributed by atoms with Gasteiger partial charge in [0.2, 0.25) is 11.7 Å². The average Bonchev–Trinajstić information content (AvgIpc) is 3.11. The van der Waals surface area contributed by atoms with Crippen LogP contribution in [0.4, 0.5) is 0 Å². The van der Waals surface area contributed by atoms with E-state index in [1.54, 1.807) is 4.90 Å². The van der Waals surface area contributed by atoms with Crippen LogP contribution in [0.3, 0.4) is 0 Å². The Labute approximate surface area is 256 Å². The van der Waals surface area contributed by atoms with Crippen LogP contribution < -0.4 is 5.73 Å². The molecule has 3 saturated carbocycles. The fraction of sp³-hybridized carbons (Fsp3) is 0.853. The van der Waals surface area contributed by atoms with E-state index in [0.717, 1.165) is 38.5 Å². The van der Waals surface area contributed by atoms with Crippen LogP contribution in [0.2, 0.25) is 0 Å². The van der Waals surface area contributed by atoms with E-state index in [1.165, 1.54) is 0 Å². The summed E-state index contributed by atoms with van der Waals surface area (Å²) in [6, 6.07) is -0.687. The van der Waals surface area contributed by atoms with E-state index in [9.17, 15) is 24.0 Å². The smallest absolute Gasteiger partial charge is 0.306 e. The van der Waals surface area contributed by atoms with Gasteiger partial charge in [0.15, 0.2) is 5.78 Å². The first-order valence-corrected chi connectivity index (χ1v) is 16.6. The third kappa shape index (κ3) is 5.57. The maximum atomic E-state index is 14.5. The average molecular weight is 601 g/mol. The lowest BCUT2D eigenvalue weighted by Gasteiger charge is -2.36. The Morgan fingerprint density at radius 2 is 1.60 bits per heavy atom. The van der Waals surface area contributed by atoms with Gasteiger partial charge in [-0.05, 0) is 47.8 Å². The second-order valence-electron chi connectivity index (χ2n) is 15.9. The van der Waals surface area contributed by atoms with E-state index in [2.05, 4.69) is 13.8 Å². The van der Waals surface area contributed by atoms with Gasteiger partial charge in [-0.2, -0.15) is 0 Å². The summed E-state index contributed by atoms with van der Waals surface area (Å²) in [6.07, 6.45) is 8.40. The molecule has 0 aromatic rings. The Kier molecular flexibility index (Phi) is 8.64. The van der Waals surface area contributed by atoms with Gasteiger partial charge in [-0.25, -0.2) is 0 Å². The predicted molar refractivity (Wildman–Crippen MR) is 159 cm³/mol. The highest BCUT2D eigenvalue weighted by molar-refractivity contribution is 6.36. The molecule has 2 saturated heterocycles. The van der Waals surface area contributed by atoms with Crippen molar-refractivity contribution in [3.8, 4) is 0 Å². The van der Waals surface area contributed by atoms with Crippen molar-refractivity contribution < 1.29 is 33.4 Å². The van der Waals surface area contributed by atoms with Crippen molar-refractivity contribution in [1.29, 1.82) is 0 Å². The van der Waals surface area contributed by atoms with Gasteiger partial charge >= 0.3 is 5.97 Å².